The summed E-state index contributed by atoms with van der Waals surface area (Å²) >= 11 is 0. The molecule has 0 aliphatic rings. The summed E-state index contributed by atoms with van der Waals surface area (Å²) in [6, 6.07) is 33.6. The summed E-state index contributed by atoms with van der Waals surface area (Å²) in [4.78, 5) is 4.76. The Bertz CT molecular complexity index is 1280. The van der Waals surface area contributed by atoms with Crippen molar-refractivity contribution in [2.24, 2.45) is 4.99 Å². The van der Waals surface area contributed by atoms with Gasteiger partial charge in [0, 0.05) is 22.5 Å². The molecule has 2 nitrogen and oxygen atoms in total. The number of ether oxygens (including phenoxy) is 1. The topological polar surface area (TPSA) is 21.6 Å². The van der Waals surface area contributed by atoms with Gasteiger partial charge in [0.15, 0.2) is 0 Å². The van der Waals surface area contributed by atoms with Crippen LogP contribution in [0.4, 0.5) is 5.69 Å². The normalized spacial score (nSPS) is 13.4. The molecular formula is C32H34NOP. The van der Waals surface area contributed by atoms with Gasteiger partial charge in [0.1, 0.15) is 12.4 Å². The van der Waals surface area contributed by atoms with Crippen LogP contribution in [-0.2, 0) is 11.8 Å². The van der Waals surface area contributed by atoms with Gasteiger partial charge in [0.05, 0.1) is 5.69 Å². The molecule has 0 aliphatic carbocycles. The molecule has 0 radical (unpaired) electrons. The molecule has 2 unspecified atom stereocenters. The number of hydrogen-bond donors (Lipinski definition) is 0. The second kappa shape index (κ2) is 11.5. The largest absolute Gasteiger partial charge is 0.488 e. The molecule has 4 aromatic rings. The number of nitrogens with zero attached hydrogens (tertiary/aromatic N) is 1. The summed E-state index contributed by atoms with van der Waals surface area (Å²) < 4.78 is 6.48. The summed E-state index contributed by atoms with van der Waals surface area (Å²) in [5, 5.41) is 1.31. The zero-order valence-electron chi connectivity index (χ0n) is 21.1. The number of benzene rings is 4. The minimum absolute atomic E-state index is 0.0561. The number of rotatable bonds is 9. The van der Waals surface area contributed by atoms with Crippen LogP contribution in [0.15, 0.2) is 102 Å². The van der Waals surface area contributed by atoms with Gasteiger partial charge in [-0.1, -0.05) is 107 Å². The van der Waals surface area contributed by atoms with Gasteiger partial charge in [-0.15, -0.1) is 0 Å². The van der Waals surface area contributed by atoms with Crippen LogP contribution in [-0.4, -0.2) is 6.21 Å². The summed E-state index contributed by atoms with van der Waals surface area (Å²) in [7, 11) is 0.584. The maximum Gasteiger partial charge on any atom is 0.126 e. The van der Waals surface area contributed by atoms with Crippen molar-refractivity contribution < 1.29 is 4.74 Å². The third kappa shape index (κ3) is 6.08. The summed E-state index contributed by atoms with van der Waals surface area (Å²) in [5.74, 6) is 1.02. The predicted octanol–water partition coefficient (Wildman–Crippen LogP) is 8.26. The van der Waals surface area contributed by atoms with Gasteiger partial charge in [0.2, 0.25) is 0 Å². The molecule has 4 aromatic carbocycles. The van der Waals surface area contributed by atoms with Crippen LogP contribution in [0.3, 0.4) is 0 Å². The molecule has 4 rings (SSSR count). The van der Waals surface area contributed by atoms with E-state index in [1.54, 1.807) is 0 Å². The Labute approximate surface area is 211 Å². The van der Waals surface area contributed by atoms with Crippen molar-refractivity contribution >= 4 is 25.8 Å². The Morgan fingerprint density at radius 2 is 1.46 bits per heavy atom. The molecule has 0 fully saturated rings. The molecule has 0 bridgehead atoms. The average Bonchev–Trinajstić information content (AvgIpc) is 2.89. The molecule has 35 heavy (non-hydrogen) atoms. The third-order valence-electron chi connectivity index (χ3n) is 6.55. The van der Waals surface area contributed by atoms with Crippen molar-refractivity contribution in [1.82, 2.24) is 0 Å². The number of para-hydroxylation sites is 2. The highest BCUT2D eigenvalue weighted by molar-refractivity contribution is 7.49. The van der Waals surface area contributed by atoms with E-state index >= 15 is 0 Å². The van der Waals surface area contributed by atoms with Crippen LogP contribution in [0.25, 0.3) is 0 Å². The summed E-state index contributed by atoms with van der Waals surface area (Å²) in [6.07, 6.45) is 3.03. The Kier molecular flexibility index (Phi) is 8.16. The maximum atomic E-state index is 6.48. The molecule has 3 heteroatoms. The van der Waals surface area contributed by atoms with Crippen LogP contribution in [0.2, 0.25) is 0 Å². The van der Waals surface area contributed by atoms with Gasteiger partial charge in [-0.05, 0) is 54.4 Å². The molecular weight excluding hydrogens is 445 g/mol. The minimum Gasteiger partial charge on any atom is -0.488 e. The lowest BCUT2D eigenvalue weighted by atomic mass is 9.94. The van der Waals surface area contributed by atoms with Crippen molar-refractivity contribution in [3.8, 4) is 5.75 Å². The highest BCUT2D eigenvalue weighted by atomic mass is 31.1. The van der Waals surface area contributed by atoms with Crippen molar-refractivity contribution in [3.63, 3.8) is 0 Å². The third-order valence-corrected chi connectivity index (χ3v) is 8.66. The van der Waals surface area contributed by atoms with Crippen molar-refractivity contribution in [2.75, 3.05) is 0 Å². The van der Waals surface area contributed by atoms with Crippen LogP contribution >= 0.6 is 8.58 Å². The van der Waals surface area contributed by atoms with Crippen LogP contribution < -0.4 is 10.0 Å². The standard InChI is InChI=1S/C32H34NOP/c1-5-32(4,29-21-13-14-24(2)30(29)34-23-26-16-8-6-9-17-26)35-31-25(3)15-12-18-27(31)22-33-28-19-10-7-11-20-28/h6-22,35H,5,23H2,1-4H3/b33-22+. The predicted molar refractivity (Wildman–Crippen MR) is 152 cm³/mol. The quantitative estimate of drug-likeness (QED) is 0.175. The maximum absolute atomic E-state index is 6.48. The molecule has 0 N–H and O–H groups in total. The summed E-state index contributed by atoms with van der Waals surface area (Å²) in [6.45, 7) is 9.59. The van der Waals surface area contributed by atoms with Crippen LogP contribution in [0, 0.1) is 13.8 Å². The Morgan fingerprint density at radius 3 is 2.17 bits per heavy atom. The van der Waals surface area contributed by atoms with E-state index < -0.39 is 0 Å². The van der Waals surface area contributed by atoms with Crippen LogP contribution in [0.1, 0.15) is 48.1 Å². The zero-order chi connectivity index (χ0) is 24.7. The van der Waals surface area contributed by atoms with Crippen molar-refractivity contribution in [1.29, 1.82) is 0 Å². The molecule has 0 aromatic heterocycles. The van der Waals surface area contributed by atoms with Gasteiger partial charge in [0.25, 0.3) is 0 Å². The van der Waals surface area contributed by atoms with Crippen molar-refractivity contribution in [2.45, 2.75) is 45.9 Å². The number of hydrogen-bond acceptors (Lipinski definition) is 2. The average molecular weight is 480 g/mol. The highest BCUT2D eigenvalue weighted by Crippen LogP contribution is 2.48. The first-order valence-corrected chi connectivity index (χ1v) is 13.2. The van der Waals surface area contributed by atoms with Gasteiger partial charge in [-0.25, -0.2) is 0 Å². The minimum atomic E-state index is -0.0561. The Morgan fingerprint density at radius 1 is 0.800 bits per heavy atom. The molecule has 0 saturated heterocycles. The number of aliphatic imine (C=N–C) groups is 1. The van der Waals surface area contributed by atoms with E-state index in [1.807, 2.05) is 42.6 Å². The second-order valence-electron chi connectivity index (χ2n) is 9.17. The molecule has 178 valence electrons. The SMILES string of the molecule is CCC(C)(Pc1c(C)cccc1/C=N/c1ccccc1)c1cccc(C)c1OCc1ccccc1. The molecule has 0 spiro atoms. The van der Waals surface area contributed by atoms with Gasteiger partial charge in [-0.2, -0.15) is 0 Å². The lowest BCUT2D eigenvalue weighted by molar-refractivity contribution is 0.297. The van der Waals surface area contributed by atoms with Gasteiger partial charge in [-0.3, -0.25) is 4.99 Å². The lowest BCUT2D eigenvalue weighted by Gasteiger charge is -2.33. The molecule has 0 heterocycles. The zero-order valence-corrected chi connectivity index (χ0v) is 22.1. The van der Waals surface area contributed by atoms with E-state index in [1.165, 1.54) is 33.1 Å². The van der Waals surface area contributed by atoms with Gasteiger partial charge < -0.3 is 4.74 Å². The van der Waals surface area contributed by atoms with E-state index in [0.717, 1.165) is 17.9 Å². The molecule has 2 atom stereocenters. The Hall–Kier alpha value is -3.22. The monoisotopic (exact) mass is 479 g/mol. The fourth-order valence-electron chi connectivity index (χ4n) is 4.26. The van der Waals surface area contributed by atoms with Crippen molar-refractivity contribution in [3.05, 3.63) is 125 Å². The first kappa shape index (κ1) is 24.9. The number of aryl methyl sites for hydroxylation is 2. The fraction of sp³-hybridized carbons (Fsp3) is 0.219. The van der Waals surface area contributed by atoms with E-state index in [9.17, 15) is 0 Å². The lowest BCUT2D eigenvalue weighted by Crippen LogP contribution is -2.22. The summed E-state index contributed by atoms with van der Waals surface area (Å²) in [5.41, 5.74) is 7.10. The smallest absolute Gasteiger partial charge is 0.126 e. The molecule has 0 saturated carbocycles. The molecule has 0 amide bonds. The molecule has 0 aliphatic heterocycles. The second-order valence-corrected chi connectivity index (χ2v) is 11.0. The van der Waals surface area contributed by atoms with E-state index in [2.05, 4.69) is 88.4 Å². The first-order chi connectivity index (χ1) is 17.0. The highest BCUT2D eigenvalue weighted by Gasteiger charge is 2.30. The van der Waals surface area contributed by atoms with E-state index in [0.29, 0.717) is 15.2 Å². The van der Waals surface area contributed by atoms with E-state index in [4.69, 9.17) is 9.73 Å². The fourth-order valence-corrected chi connectivity index (χ4v) is 5.89. The Balaban J connectivity index is 1.68. The van der Waals surface area contributed by atoms with Gasteiger partial charge >= 0.3 is 0 Å². The first-order valence-electron chi connectivity index (χ1n) is 12.2. The van der Waals surface area contributed by atoms with Crippen LogP contribution in [0.5, 0.6) is 5.75 Å². The van der Waals surface area contributed by atoms with E-state index in [-0.39, 0.29) is 5.16 Å².